The number of alkyl halides is 3. The van der Waals surface area contributed by atoms with E-state index in [1.807, 2.05) is 0 Å². The van der Waals surface area contributed by atoms with Gasteiger partial charge in [0.15, 0.2) is 5.69 Å². The molecule has 0 unspecified atom stereocenters. The summed E-state index contributed by atoms with van der Waals surface area (Å²) in [7, 11) is 0. The van der Waals surface area contributed by atoms with Crippen molar-refractivity contribution in [1.29, 1.82) is 0 Å². The molecule has 13 heteroatoms. The number of carbonyl (C=O) groups excluding carboxylic acids is 1. The highest BCUT2D eigenvalue weighted by molar-refractivity contribution is 7.10. The van der Waals surface area contributed by atoms with Gasteiger partial charge in [0.25, 0.3) is 5.91 Å². The van der Waals surface area contributed by atoms with Crippen LogP contribution in [0, 0.1) is 6.92 Å². The van der Waals surface area contributed by atoms with Crippen LogP contribution >= 0.6 is 11.5 Å². The highest BCUT2D eigenvalue weighted by Crippen LogP contribution is 2.31. The minimum Gasteiger partial charge on any atom is -0.474 e. The molecule has 4 rings (SSSR count). The second-order valence-corrected chi connectivity index (χ2v) is 9.44. The third-order valence-corrected chi connectivity index (χ3v) is 6.60. The molecular weight excluding hydrogens is 495 g/mol. The topological polar surface area (TPSA) is 105 Å². The van der Waals surface area contributed by atoms with Crippen molar-refractivity contribution in [3.63, 3.8) is 0 Å². The Kier molecular flexibility index (Phi) is 7.69. The fourth-order valence-corrected chi connectivity index (χ4v) is 4.60. The fraction of sp³-hybridized carbons (Fsp3) is 0.435. The van der Waals surface area contributed by atoms with Gasteiger partial charge in [-0.3, -0.25) is 9.78 Å². The number of hydrogen-bond donors (Lipinski definition) is 2. The molecule has 2 N–H and O–H groups in total. The first kappa shape index (κ1) is 25.8. The molecule has 0 aliphatic carbocycles. The summed E-state index contributed by atoms with van der Waals surface area (Å²) in [4.78, 5) is 26.8. The number of piperidine rings is 1. The zero-order valence-corrected chi connectivity index (χ0v) is 20.8. The minimum atomic E-state index is -4.64. The number of pyridine rings is 1. The SMILES string of the molecule is Cc1nsc(Nc2cncc(C(F)(F)F)n2)c1C(=O)Nc1ccc(OC2CCN(C(C)C)CC2)nc1. The maximum atomic E-state index is 13.0. The lowest BCUT2D eigenvalue weighted by atomic mass is 10.1. The molecule has 192 valence electrons. The molecule has 9 nitrogen and oxygen atoms in total. The summed E-state index contributed by atoms with van der Waals surface area (Å²) in [5.41, 5.74) is -0.0898. The summed E-state index contributed by atoms with van der Waals surface area (Å²) < 4.78 is 49.0. The molecule has 1 aliphatic rings. The zero-order chi connectivity index (χ0) is 25.9. The molecule has 36 heavy (non-hydrogen) atoms. The number of hydrogen-bond acceptors (Lipinski definition) is 9. The van der Waals surface area contributed by atoms with Gasteiger partial charge in [0.2, 0.25) is 5.88 Å². The van der Waals surface area contributed by atoms with Gasteiger partial charge in [0.1, 0.15) is 16.9 Å². The van der Waals surface area contributed by atoms with Crippen molar-refractivity contribution in [2.75, 3.05) is 23.7 Å². The van der Waals surface area contributed by atoms with E-state index in [2.05, 4.69) is 48.7 Å². The second kappa shape index (κ2) is 10.7. The average molecular weight is 522 g/mol. The molecular formula is C23H26F3N7O2S. The van der Waals surface area contributed by atoms with Crippen LogP contribution in [0.4, 0.5) is 29.7 Å². The molecule has 1 saturated heterocycles. The van der Waals surface area contributed by atoms with Crippen LogP contribution in [0.5, 0.6) is 5.88 Å². The number of ether oxygens (including phenoxy) is 1. The molecule has 0 atom stereocenters. The second-order valence-electron chi connectivity index (χ2n) is 8.67. The van der Waals surface area contributed by atoms with E-state index in [4.69, 9.17) is 4.74 Å². The van der Waals surface area contributed by atoms with Crippen LogP contribution < -0.4 is 15.4 Å². The van der Waals surface area contributed by atoms with Gasteiger partial charge < -0.3 is 20.3 Å². The van der Waals surface area contributed by atoms with Crippen LogP contribution in [0.3, 0.4) is 0 Å². The molecule has 3 aromatic heterocycles. The van der Waals surface area contributed by atoms with Gasteiger partial charge in [-0.15, -0.1) is 0 Å². The summed E-state index contributed by atoms with van der Waals surface area (Å²) in [6, 6.07) is 3.90. The summed E-state index contributed by atoms with van der Waals surface area (Å²) in [5, 5.41) is 5.71. The van der Waals surface area contributed by atoms with Gasteiger partial charge in [-0.1, -0.05) is 0 Å². The molecule has 4 heterocycles. The fourth-order valence-electron chi connectivity index (χ4n) is 3.80. The van der Waals surface area contributed by atoms with Crippen LogP contribution in [0.2, 0.25) is 0 Å². The van der Waals surface area contributed by atoms with E-state index in [9.17, 15) is 18.0 Å². The molecule has 3 aromatic rings. The largest absolute Gasteiger partial charge is 0.474 e. The van der Waals surface area contributed by atoms with Gasteiger partial charge in [-0.2, -0.15) is 17.5 Å². The molecule has 0 spiro atoms. The quantitative estimate of drug-likeness (QED) is 0.452. The lowest BCUT2D eigenvalue weighted by Gasteiger charge is -2.34. The number of aryl methyl sites for hydroxylation is 1. The number of anilines is 3. The first-order valence-electron chi connectivity index (χ1n) is 11.4. The average Bonchev–Trinajstić information content (AvgIpc) is 3.20. The van der Waals surface area contributed by atoms with Gasteiger partial charge in [0.05, 0.1) is 35.5 Å². The van der Waals surface area contributed by atoms with Crippen molar-refractivity contribution < 1.29 is 22.7 Å². The van der Waals surface area contributed by atoms with Crippen LogP contribution in [-0.2, 0) is 6.18 Å². The molecule has 1 amide bonds. The van der Waals surface area contributed by atoms with Gasteiger partial charge in [-0.05, 0) is 51.2 Å². The molecule has 0 aromatic carbocycles. The Balaban J connectivity index is 1.39. The highest BCUT2D eigenvalue weighted by atomic mass is 32.1. The number of aromatic nitrogens is 4. The van der Waals surface area contributed by atoms with Crippen LogP contribution in [-0.4, -0.2) is 55.4 Å². The summed E-state index contributed by atoms with van der Waals surface area (Å²) in [6.45, 7) is 7.96. The Labute approximate surface area is 210 Å². The van der Waals surface area contributed by atoms with Crippen molar-refractivity contribution in [2.45, 2.75) is 51.9 Å². The van der Waals surface area contributed by atoms with Crippen molar-refractivity contribution >= 4 is 33.9 Å². The number of amides is 1. The summed E-state index contributed by atoms with van der Waals surface area (Å²) in [6.07, 6.45) is 0.580. The minimum absolute atomic E-state index is 0.0973. The number of carbonyl (C=O) groups is 1. The Bertz CT molecular complexity index is 1190. The first-order valence-corrected chi connectivity index (χ1v) is 12.2. The lowest BCUT2D eigenvalue weighted by molar-refractivity contribution is -0.141. The standard InChI is InChI=1S/C23H26F3N7O2S/c1-13(2)33-8-6-16(7-9-33)35-19-5-4-15(10-28-19)29-21(34)20-14(3)32-36-22(20)31-18-12-27-11-17(30-18)23(24,25)26/h4-5,10-13,16H,6-9H2,1-3H3,(H,29,34)(H,30,31). The molecule has 0 saturated carbocycles. The molecule has 1 fully saturated rings. The van der Waals surface area contributed by atoms with Crippen LogP contribution in [0.1, 0.15) is 48.4 Å². The Morgan fingerprint density at radius 3 is 2.58 bits per heavy atom. The van der Waals surface area contributed by atoms with E-state index < -0.39 is 17.8 Å². The number of likely N-dealkylation sites (tertiary alicyclic amines) is 1. The smallest absolute Gasteiger partial charge is 0.434 e. The number of rotatable bonds is 7. The summed E-state index contributed by atoms with van der Waals surface area (Å²) >= 11 is 0.937. The number of halogens is 3. The lowest BCUT2D eigenvalue weighted by Crippen LogP contribution is -2.41. The van der Waals surface area contributed by atoms with Crippen LogP contribution in [0.25, 0.3) is 0 Å². The Morgan fingerprint density at radius 2 is 1.94 bits per heavy atom. The molecule has 1 aliphatic heterocycles. The van der Waals surface area contributed by atoms with Gasteiger partial charge in [0, 0.05) is 25.2 Å². The monoisotopic (exact) mass is 521 g/mol. The van der Waals surface area contributed by atoms with Crippen molar-refractivity contribution in [1.82, 2.24) is 24.2 Å². The third kappa shape index (κ3) is 6.26. The van der Waals surface area contributed by atoms with Crippen LogP contribution in [0.15, 0.2) is 30.7 Å². The van der Waals surface area contributed by atoms with E-state index in [0.29, 0.717) is 29.5 Å². The van der Waals surface area contributed by atoms with E-state index >= 15 is 0 Å². The maximum Gasteiger partial charge on any atom is 0.434 e. The van der Waals surface area contributed by atoms with Crippen molar-refractivity contribution in [3.8, 4) is 5.88 Å². The van der Waals surface area contributed by atoms with Gasteiger partial charge >= 0.3 is 6.18 Å². The van der Waals surface area contributed by atoms with E-state index in [0.717, 1.165) is 43.7 Å². The Morgan fingerprint density at radius 1 is 1.19 bits per heavy atom. The van der Waals surface area contributed by atoms with Crippen molar-refractivity contribution in [2.24, 2.45) is 0 Å². The number of nitrogens with zero attached hydrogens (tertiary/aromatic N) is 5. The zero-order valence-electron chi connectivity index (χ0n) is 20.0. The molecule has 0 radical (unpaired) electrons. The summed E-state index contributed by atoms with van der Waals surface area (Å²) in [5.74, 6) is -0.153. The normalized spacial score (nSPS) is 15.2. The van der Waals surface area contributed by atoms with Gasteiger partial charge in [-0.25, -0.2) is 9.97 Å². The van der Waals surface area contributed by atoms with E-state index in [1.165, 1.54) is 6.20 Å². The van der Waals surface area contributed by atoms with Crippen molar-refractivity contribution in [3.05, 3.63) is 47.7 Å². The number of nitrogens with one attached hydrogen (secondary N) is 2. The van der Waals surface area contributed by atoms with E-state index in [-0.39, 0.29) is 22.5 Å². The first-order chi connectivity index (χ1) is 17.1. The maximum absolute atomic E-state index is 13.0. The third-order valence-electron chi connectivity index (χ3n) is 5.74. The predicted molar refractivity (Wildman–Crippen MR) is 130 cm³/mol. The Hall–Kier alpha value is -3.32. The molecule has 0 bridgehead atoms. The van der Waals surface area contributed by atoms with E-state index in [1.54, 1.807) is 19.1 Å². The predicted octanol–water partition coefficient (Wildman–Crippen LogP) is 4.90. The highest BCUT2D eigenvalue weighted by Gasteiger charge is 2.33.